The average molecular weight is 279 g/mol. The van der Waals surface area contributed by atoms with Crippen LogP contribution in [-0.4, -0.2) is 25.3 Å². The fourth-order valence-corrected chi connectivity index (χ4v) is 2.64. The van der Waals surface area contributed by atoms with E-state index in [0.29, 0.717) is 10.8 Å². The lowest BCUT2D eigenvalue weighted by Crippen LogP contribution is -2.02. The van der Waals surface area contributed by atoms with Crippen molar-refractivity contribution < 1.29 is 10.0 Å². The minimum Gasteiger partial charge on any atom is -0.388 e. The first-order valence-electron chi connectivity index (χ1n) is 5.61. The fraction of sp³-hybridized carbons (Fsp3) is 0.250. The van der Waals surface area contributed by atoms with E-state index in [4.69, 9.17) is 0 Å². The molecule has 1 aromatic carbocycles. The van der Waals surface area contributed by atoms with E-state index >= 15 is 0 Å². The van der Waals surface area contributed by atoms with E-state index in [1.54, 1.807) is 11.6 Å². The van der Waals surface area contributed by atoms with Crippen LogP contribution in [0.2, 0.25) is 0 Å². The molecule has 1 aromatic heterocycles. The van der Waals surface area contributed by atoms with E-state index in [1.165, 1.54) is 18.1 Å². The van der Waals surface area contributed by atoms with E-state index in [1.807, 2.05) is 30.3 Å². The lowest BCUT2D eigenvalue weighted by Gasteiger charge is -2.10. The molecule has 1 atom stereocenters. The number of hydrogen-bond donors (Lipinski definition) is 1. The number of hydrogen-bond acceptors (Lipinski definition) is 5. The second-order valence-electron chi connectivity index (χ2n) is 3.98. The largest absolute Gasteiger partial charge is 0.395 e. The number of imidazole rings is 1. The molecule has 0 saturated heterocycles. The summed E-state index contributed by atoms with van der Waals surface area (Å²) in [5, 5.41) is 21.3. The second-order valence-corrected chi connectivity index (χ2v) is 4.99. The molecule has 19 heavy (non-hydrogen) atoms. The maximum absolute atomic E-state index is 10.8. The van der Waals surface area contributed by atoms with E-state index in [-0.39, 0.29) is 5.82 Å². The minimum absolute atomic E-state index is 0.173. The van der Waals surface area contributed by atoms with Crippen molar-refractivity contribution in [2.45, 2.75) is 11.1 Å². The maximum atomic E-state index is 10.8. The zero-order valence-corrected chi connectivity index (χ0v) is 11.1. The summed E-state index contributed by atoms with van der Waals surface area (Å²) >= 11 is 1.22. The lowest BCUT2D eigenvalue weighted by atomic mass is 10.1. The molecule has 7 heteroatoms. The fourth-order valence-electron chi connectivity index (χ4n) is 1.63. The van der Waals surface area contributed by atoms with Gasteiger partial charge in [-0.15, -0.1) is 0 Å². The van der Waals surface area contributed by atoms with Gasteiger partial charge in [0.2, 0.25) is 6.33 Å². The standard InChI is InChI=1S/C12H13N3O3S/c1-14-8-13-11(15(17)18)12(14)19-7-10(16)9-5-3-2-4-6-9/h2-6,8,10,16H,7H2,1H3/t10-/m1/s1. The first-order valence-corrected chi connectivity index (χ1v) is 6.59. The molecule has 2 aromatic rings. The maximum Gasteiger partial charge on any atom is 0.395 e. The van der Waals surface area contributed by atoms with Crippen LogP contribution < -0.4 is 0 Å². The highest BCUT2D eigenvalue weighted by Crippen LogP contribution is 2.30. The normalized spacial score (nSPS) is 12.3. The third-order valence-corrected chi connectivity index (χ3v) is 3.83. The van der Waals surface area contributed by atoms with Crippen molar-refractivity contribution in [1.29, 1.82) is 0 Å². The number of rotatable bonds is 5. The van der Waals surface area contributed by atoms with Crippen LogP contribution in [-0.2, 0) is 7.05 Å². The Kier molecular flexibility index (Phi) is 4.18. The van der Waals surface area contributed by atoms with Gasteiger partial charge in [0.1, 0.15) is 0 Å². The lowest BCUT2D eigenvalue weighted by molar-refractivity contribution is -0.392. The molecular weight excluding hydrogens is 266 g/mol. The second kappa shape index (κ2) is 5.85. The van der Waals surface area contributed by atoms with Gasteiger partial charge in [0.15, 0.2) is 5.03 Å². The molecule has 0 saturated carbocycles. The van der Waals surface area contributed by atoms with E-state index < -0.39 is 11.0 Å². The molecule has 0 aliphatic rings. The summed E-state index contributed by atoms with van der Waals surface area (Å²) in [5.41, 5.74) is 0.792. The van der Waals surface area contributed by atoms with Crippen LogP contribution in [0.4, 0.5) is 5.82 Å². The molecule has 0 fully saturated rings. The van der Waals surface area contributed by atoms with Gasteiger partial charge >= 0.3 is 5.82 Å². The molecule has 0 aliphatic carbocycles. The van der Waals surface area contributed by atoms with Crippen molar-refractivity contribution in [3.05, 3.63) is 52.3 Å². The van der Waals surface area contributed by atoms with Crippen LogP contribution in [0.3, 0.4) is 0 Å². The van der Waals surface area contributed by atoms with Gasteiger partial charge in [-0.1, -0.05) is 42.1 Å². The molecule has 0 aliphatic heterocycles. The Morgan fingerprint density at radius 3 is 2.79 bits per heavy atom. The molecule has 1 N–H and O–H groups in total. The summed E-state index contributed by atoms with van der Waals surface area (Å²) in [4.78, 5) is 14.0. The number of aliphatic hydroxyl groups excluding tert-OH is 1. The summed E-state index contributed by atoms with van der Waals surface area (Å²) in [7, 11) is 1.69. The van der Waals surface area contributed by atoms with Gasteiger partial charge in [0.25, 0.3) is 0 Å². The summed E-state index contributed by atoms with van der Waals surface area (Å²) in [5.74, 6) is 0.164. The van der Waals surface area contributed by atoms with Crippen molar-refractivity contribution in [2.75, 3.05) is 5.75 Å². The molecule has 1 heterocycles. The molecular formula is C12H13N3O3S. The van der Waals surface area contributed by atoms with Crippen LogP contribution >= 0.6 is 11.8 Å². The Balaban J connectivity index is 2.07. The van der Waals surface area contributed by atoms with Crippen LogP contribution in [0.25, 0.3) is 0 Å². The Bertz CT molecular complexity index is 571. The number of thioether (sulfide) groups is 1. The van der Waals surface area contributed by atoms with E-state index in [9.17, 15) is 15.2 Å². The van der Waals surface area contributed by atoms with Gasteiger partial charge in [-0.05, 0) is 15.5 Å². The molecule has 0 radical (unpaired) electrons. The molecule has 0 unspecified atom stereocenters. The first kappa shape index (κ1) is 13.6. The summed E-state index contributed by atoms with van der Waals surface area (Å²) in [6, 6.07) is 9.20. The molecule has 0 spiro atoms. The zero-order valence-electron chi connectivity index (χ0n) is 10.3. The number of aromatic nitrogens is 2. The predicted octanol–water partition coefficient (Wildman–Crippen LogP) is 2.15. The minimum atomic E-state index is -0.666. The Morgan fingerprint density at radius 1 is 1.47 bits per heavy atom. The number of aryl methyl sites for hydroxylation is 1. The van der Waals surface area contributed by atoms with Crippen molar-refractivity contribution in [1.82, 2.24) is 9.55 Å². The number of benzene rings is 1. The van der Waals surface area contributed by atoms with Gasteiger partial charge in [0.05, 0.1) is 6.10 Å². The molecule has 100 valence electrons. The summed E-state index contributed by atoms with van der Waals surface area (Å²) in [6.07, 6.45) is 0.732. The van der Waals surface area contributed by atoms with Gasteiger partial charge in [-0.25, -0.2) is 0 Å². The number of nitrogens with zero attached hydrogens (tertiary/aromatic N) is 3. The Labute approximate surface area is 114 Å². The molecule has 2 rings (SSSR count). The number of aliphatic hydroxyl groups is 1. The molecule has 6 nitrogen and oxygen atoms in total. The topological polar surface area (TPSA) is 81.2 Å². The summed E-state index contributed by atoms with van der Waals surface area (Å²) < 4.78 is 1.58. The smallest absolute Gasteiger partial charge is 0.388 e. The van der Waals surface area contributed by atoms with Gasteiger partial charge in [0, 0.05) is 12.8 Å². The zero-order chi connectivity index (χ0) is 13.8. The van der Waals surface area contributed by atoms with E-state index in [2.05, 4.69) is 4.98 Å². The highest BCUT2D eigenvalue weighted by Gasteiger charge is 2.21. The van der Waals surface area contributed by atoms with Gasteiger partial charge < -0.3 is 19.8 Å². The summed E-state index contributed by atoms with van der Waals surface area (Å²) in [6.45, 7) is 0. The monoisotopic (exact) mass is 279 g/mol. The SMILES string of the molecule is Cn1cnc([N+](=O)[O-])c1SC[C@@H](O)c1ccccc1. The highest BCUT2D eigenvalue weighted by atomic mass is 32.2. The average Bonchev–Trinajstić information content (AvgIpc) is 2.78. The Hall–Kier alpha value is -1.86. The third kappa shape index (κ3) is 3.12. The number of nitro groups is 1. The molecule has 0 bridgehead atoms. The van der Waals surface area contributed by atoms with Crippen LogP contribution in [0.1, 0.15) is 11.7 Å². The Morgan fingerprint density at radius 2 is 2.16 bits per heavy atom. The van der Waals surface area contributed by atoms with E-state index in [0.717, 1.165) is 5.56 Å². The van der Waals surface area contributed by atoms with Gasteiger partial charge in [-0.3, -0.25) is 0 Å². The van der Waals surface area contributed by atoms with Crippen molar-refractivity contribution in [2.24, 2.45) is 7.05 Å². The van der Waals surface area contributed by atoms with Gasteiger partial charge in [-0.2, -0.15) is 0 Å². The highest BCUT2D eigenvalue weighted by molar-refractivity contribution is 7.99. The van der Waals surface area contributed by atoms with Crippen LogP contribution in [0.5, 0.6) is 0 Å². The van der Waals surface area contributed by atoms with Crippen LogP contribution in [0.15, 0.2) is 41.7 Å². The molecule has 0 amide bonds. The quantitative estimate of drug-likeness (QED) is 0.515. The predicted molar refractivity (Wildman–Crippen MR) is 72.0 cm³/mol. The van der Waals surface area contributed by atoms with Crippen LogP contribution in [0, 0.1) is 10.1 Å². The first-order chi connectivity index (χ1) is 9.09. The van der Waals surface area contributed by atoms with Crippen molar-refractivity contribution in [3.63, 3.8) is 0 Å². The van der Waals surface area contributed by atoms with Crippen molar-refractivity contribution in [3.8, 4) is 0 Å². The third-order valence-electron chi connectivity index (χ3n) is 2.60. The van der Waals surface area contributed by atoms with Crippen molar-refractivity contribution >= 4 is 17.6 Å².